The van der Waals surface area contributed by atoms with Gasteiger partial charge in [-0.15, -0.1) is 10.2 Å². The summed E-state index contributed by atoms with van der Waals surface area (Å²) in [6, 6.07) is 11.6. The van der Waals surface area contributed by atoms with Crippen LogP contribution in [-0.2, 0) is 4.79 Å². The zero-order chi connectivity index (χ0) is 21.0. The molecule has 2 atom stereocenters. The van der Waals surface area contributed by atoms with E-state index in [1.807, 2.05) is 32.0 Å². The minimum absolute atomic E-state index is 0.154. The largest absolute Gasteiger partial charge is 0.481 e. The molecule has 2 aromatic carbocycles. The highest BCUT2D eigenvalue weighted by Crippen LogP contribution is 2.27. The van der Waals surface area contributed by atoms with Crippen molar-refractivity contribution in [2.24, 2.45) is 0 Å². The standard InChI is InChI=1S/C21H22FN3O3S/c1-12-5-6-13(2)18(11-12)23-19(26)15(4)29-21-25-24-20(28-21)14(3)27-17-9-7-16(22)8-10-17/h5-11,14-15H,1-4H3,(H,23,26)/t14-,15-/m1/s1. The average Bonchev–Trinajstić information content (AvgIpc) is 3.15. The summed E-state index contributed by atoms with van der Waals surface area (Å²) in [5.41, 5.74) is 2.85. The lowest BCUT2D eigenvalue weighted by molar-refractivity contribution is -0.115. The van der Waals surface area contributed by atoms with Crippen molar-refractivity contribution in [2.75, 3.05) is 5.32 Å². The second-order valence-electron chi connectivity index (χ2n) is 6.69. The lowest BCUT2D eigenvalue weighted by Gasteiger charge is -2.13. The molecule has 1 heterocycles. The molecular weight excluding hydrogens is 393 g/mol. The smallest absolute Gasteiger partial charge is 0.277 e. The Kier molecular flexibility index (Phi) is 6.53. The van der Waals surface area contributed by atoms with E-state index in [1.54, 1.807) is 13.8 Å². The maximum atomic E-state index is 13.0. The number of amides is 1. The van der Waals surface area contributed by atoms with Crippen molar-refractivity contribution in [1.29, 1.82) is 0 Å². The van der Waals surface area contributed by atoms with Gasteiger partial charge < -0.3 is 14.5 Å². The first-order chi connectivity index (χ1) is 13.8. The maximum Gasteiger partial charge on any atom is 0.277 e. The molecule has 0 radical (unpaired) electrons. The van der Waals surface area contributed by atoms with E-state index in [0.29, 0.717) is 5.75 Å². The number of aryl methyl sites for hydroxylation is 2. The number of halogens is 1. The highest BCUT2D eigenvalue weighted by molar-refractivity contribution is 8.00. The summed E-state index contributed by atoms with van der Waals surface area (Å²) in [6.07, 6.45) is -0.513. The van der Waals surface area contributed by atoms with Gasteiger partial charge in [-0.2, -0.15) is 0 Å². The molecule has 152 valence electrons. The summed E-state index contributed by atoms with van der Waals surface area (Å²) in [5, 5.41) is 10.7. The van der Waals surface area contributed by atoms with Gasteiger partial charge in [-0.1, -0.05) is 23.9 Å². The Balaban J connectivity index is 1.59. The molecule has 1 N–H and O–H groups in total. The SMILES string of the molecule is Cc1ccc(C)c(NC(=O)[C@@H](C)Sc2nnc([C@@H](C)Oc3ccc(F)cc3)o2)c1. The Morgan fingerprint density at radius 3 is 2.59 bits per heavy atom. The molecular formula is C21H22FN3O3S. The average molecular weight is 415 g/mol. The number of ether oxygens (including phenoxy) is 1. The van der Waals surface area contributed by atoms with Crippen molar-refractivity contribution < 1.29 is 18.3 Å². The van der Waals surface area contributed by atoms with E-state index in [-0.39, 0.29) is 22.8 Å². The molecule has 0 bridgehead atoms. The molecule has 0 unspecified atom stereocenters. The quantitative estimate of drug-likeness (QED) is 0.542. The summed E-state index contributed by atoms with van der Waals surface area (Å²) in [6.45, 7) is 7.44. The van der Waals surface area contributed by atoms with Crippen LogP contribution < -0.4 is 10.1 Å². The second-order valence-corrected chi connectivity index (χ2v) is 7.98. The molecule has 0 aliphatic carbocycles. The number of rotatable bonds is 7. The molecule has 3 rings (SSSR count). The number of hydrogen-bond acceptors (Lipinski definition) is 6. The minimum Gasteiger partial charge on any atom is -0.481 e. The van der Waals surface area contributed by atoms with Crippen LogP contribution in [-0.4, -0.2) is 21.4 Å². The van der Waals surface area contributed by atoms with Crippen molar-refractivity contribution in [3.63, 3.8) is 0 Å². The van der Waals surface area contributed by atoms with Crippen LogP contribution in [0.4, 0.5) is 10.1 Å². The fraction of sp³-hybridized carbons (Fsp3) is 0.286. The third-order valence-corrected chi connectivity index (χ3v) is 5.13. The summed E-state index contributed by atoms with van der Waals surface area (Å²) in [4.78, 5) is 12.5. The monoisotopic (exact) mass is 415 g/mol. The molecule has 1 amide bonds. The van der Waals surface area contributed by atoms with Crippen LogP contribution in [0.1, 0.15) is 37.0 Å². The zero-order valence-electron chi connectivity index (χ0n) is 16.6. The first kappa shape index (κ1) is 20.9. The summed E-state index contributed by atoms with van der Waals surface area (Å²) in [5.74, 6) is 0.278. The predicted molar refractivity (Wildman–Crippen MR) is 110 cm³/mol. The molecule has 0 aliphatic heterocycles. The van der Waals surface area contributed by atoms with Crippen molar-refractivity contribution in [3.8, 4) is 5.75 Å². The van der Waals surface area contributed by atoms with Crippen molar-refractivity contribution in [3.05, 3.63) is 65.3 Å². The number of carbonyl (C=O) groups is 1. The molecule has 29 heavy (non-hydrogen) atoms. The third kappa shape index (κ3) is 5.57. The lowest BCUT2D eigenvalue weighted by atomic mass is 10.1. The van der Waals surface area contributed by atoms with Gasteiger partial charge in [0.05, 0.1) is 5.25 Å². The summed E-state index contributed by atoms with van der Waals surface area (Å²) in [7, 11) is 0. The summed E-state index contributed by atoms with van der Waals surface area (Å²) >= 11 is 1.17. The fourth-order valence-electron chi connectivity index (χ4n) is 2.51. The van der Waals surface area contributed by atoms with Crippen LogP contribution in [0.2, 0.25) is 0 Å². The van der Waals surface area contributed by atoms with Crippen LogP contribution in [0.3, 0.4) is 0 Å². The Morgan fingerprint density at radius 1 is 1.14 bits per heavy atom. The Hall–Kier alpha value is -2.87. The number of nitrogens with zero attached hydrogens (tertiary/aromatic N) is 2. The maximum absolute atomic E-state index is 13.0. The number of anilines is 1. The van der Waals surface area contributed by atoms with E-state index >= 15 is 0 Å². The van der Waals surface area contributed by atoms with Crippen molar-refractivity contribution in [2.45, 2.75) is 44.3 Å². The predicted octanol–water partition coefficient (Wildman–Crippen LogP) is 5.08. The van der Waals surface area contributed by atoms with E-state index < -0.39 is 11.4 Å². The van der Waals surface area contributed by atoms with E-state index in [0.717, 1.165) is 16.8 Å². The van der Waals surface area contributed by atoms with Gasteiger partial charge in [-0.3, -0.25) is 4.79 Å². The first-order valence-electron chi connectivity index (χ1n) is 9.12. The topological polar surface area (TPSA) is 77.2 Å². The minimum atomic E-state index is -0.513. The van der Waals surface area contributed by atoms with Crippen molar-refractivity contribution >= 4 is 23.4 Å². The van der Waals surface area contributed by atoms with E-state index in [4.69, 9.17) is 9.15 Å². The van der Waals surface area contributed by atoms with Crippen LogP contribution in [0.25, 0.3) is 0 Å². The lowest BCUT2D eigenvalue weighted by Crippen LogP contribution is -2.22. The molecule has 3 aromatic rings. The zero-order valence-corrected chi connectivity index (χ0v) is 17.4. The van der Waals surface area contributed by atoms with Crippen molar-refractivity contribution in [1.82, 2.24) is 10.2 Å². The van der Waals surface area contributed by atoms with Gasteiger partial charge in [0.2, 0.25) is 5.91 Å². The molecule has 0 saturated carbocycles. The molecule has 6 nitrogen and oxygen atoms in total. The van der Waals surface area contributed by atoms with Gasteiger partial charge in [-0.25, -0.2) is 4.39 Å². The van der Waals surface area contributed by atoms with Crippen LogP contribution >= 0.6 is 11.8 Å². The van der Waals surface area contributed by atoms with Gasteiger partial charge in [0.15, 0.2) is 6.10 Å². The Labute approximate surface area is 172 Å². The number of carbonyl (C=O) groups excluding carboxylic acids is 1. The highest BCUT2D eigenvalue weighted by atomic mass is 32.2. The number of thioether (sulfide) groups is 1. The molecule has 0 spiro atoms. The Bertz CT molecular complexity index is 991. The summed E-state index contributed by atoms with van der Waals surface area (Å²) < 4.78 is 24.3. The third-order valence-electron chi connectivity index (χ3n) is 4.19. The second kappa shape index (κ2) is 9.09. The molecule has 0 saturated heterocycles. The normalized spacial score (nSPS) is 13.0. The Morgan fingerprint density at radius 2 is 1.86 bits per heavy atom. The fourth-order valence-corrected chi connectivity index (χ4v) is 3.20. The molecule has 0 fully saturated rings. The van der Waals surface area contributed by atoms with E-state index in [9.17, 15) is 9.18 Å². The van der Waals surface area contributed by atoms with Gasteiger partial charge in [-0.05, 0) is 69.2 Å². The van der Waals surface area contributed by atoms with Gasteiger partial charge in [0.1, 0.15) is 11.6 Å². The van der Waals surface area contributed by atoms with E-state index in [2.05, 4.69) is 15.5 Å². The first-order valence-corrected chi connectivity index (χ1v) is 10.00. The number of aromatic nitrogens is 2. The van der Waals surface area contributed by atoms with Crippen LogP contribution in [0.15, 0.2) is 52.1 Å². The van der Waals surface area contributed by atoms with Gasteiger partial charge in [0.25, 0.3) is 11.1 Å². The van der Waals surface area contributed by atoms with Crippen LogP contribution in [0, 0.1) is 19.7 Å². The number of nitrogens with one attached hydrogen (secondary N) is 1. The molecule has 0 aliphatic rings. The number of benzene rings is 2. The van der Waals surface area contributed by atoms with Gasteiger partial charge in [0, 0.05) is 5.69 Å². The number of hydrogen-bond donors (Lipinski definition) is 1. The molecule has 8 heteroatoms. The highest BCUT2D eigenvalue weighted by Gasteiger charge is 2.21. The van der Waals surface area contributed by atoms with E-state index in [1.165, 1.54) is 36.0 Å². The molecule has 1 aromatic heterocycles. The van der Waals surface area contributed by atoms with Gasteiger partial charge >= 0.3 is 0 Å². The van der Waals surface area contributed by atoms with Crippen LogP contribution in [0.5, 0.6) is 5.75 Å².